The van der Waals surface area contributed by atoms with Crippen LogP contribution in [0.15, 0.2) is 24.3 Å². The molecule has 0 saturated heterocycles. The van der Waals surface area contributed by atoms with Crippen LogP contribution < -0.4 is 10.6 Å². The summed E-state index contributed by atoms with van der Waals surface area (Å²) in [7, 11) is 1.58. The number of benzene rings is 1. The molecule has 122 valence electrons. The molecule has 2 N–H and O–H groups in total. The Morgan fingerprint density at radius 1 is 1.17 bits per heavy atom. The molecule has 2 amide bonds. The molecule has 0 fully saturated rings. The molecule has 1 heterocycles. The van der Waals surface area contributed by atoms with Gasteiger partial charge in [0.25, 0.3) is 11.8 Å². The fraction of sp³-hybridized carbons (Fsp3) is 0.286. The molecule has 0 aliphatic carbocycles. The normalized spacial score (nSPS) is 10.3. The molecule has 0 aliphatic heterocycles. The zero-order valence-corrected chi connectivity index (χ0v) is 13.2. The summed E-state index contributed by atoms with van der Waals surface area (Å²) in [5.41, 5.74) is 0.428. The minimum Gasteiger partial charge on any atom is -0.385 e. The number of nitrogens with one attached hydrogen (secondary N) is 2. The van der Waals surface area contributed by atoms with Gasteiger partial charge in [0.2, 0.25) is 10.0 Å². The van der Waals surface area contributed by atoms with Crippen LogP contribution in [0, 0.1) is 5.82 Å². The van der Waals surface area contributed by atoms with Crippen molar-refractivity contribution in [3.8, 4) is 0 Å². The zero-order chi connectivity index (χ0) is 16.7. The van der Waals surface area contributed by atoms with E-state index in [0.29, 0.717) is 25.3 Å². The van der Waals surface area contributed by atoms with Crippen LogP contribution in [-0.2, 0) is 4.74 Å². The fourth-order valence-corrected chi connectivity index (χ4v) is 2.27. The average Bonchev–Trinajstić information content (AvgIpc) is 3.04. The summed E-state index contributed by atoms with van der Waals surface area (Å²) in [5, 5.41) is 12.8. The predicted octanol–water partition coefficient (Wildman–Crippen LogP) is 1.70. The van der Waals surface area contributed by atoms with Crippen LogP contribution in [0.4, 0.5) is 10.1 Å². The molecule has 0 radical (unpaired) electrons. The summed E-state index contributed by atoms with van der Waals surface area (Å²) in [6, 6.07) is 5.32. The van der Waals surface area contributed by atoms with Crippen molar-refractivity contribution in [2.24, 2.45) is 0 Å². The van der Waals surface area contributed by atoms with E-state index in [9.17, 15) is 14.0 Å². The summed E-state index contributed by atoms with van der Waals surface area (Å²) in [6.07, 6.45) is 0.680. The highest BCUT2D eigenvalue weighted by Crippen LogP contribution is 2.14. The molecule has 9 heteroatoms. The highest BCUT2D eigenvalue weighted by Gasteiger charge is 2.17. The third-order valence-corrected chi connectivity index (χ3v) is 3.65. The van der Waals surface area contributed by atoms with Gasteiger partial charge in [-0.2, -0.15) is 0 Å². The molecule has 7 nitrogen and oxygen atoms in total. The third kappa shape index (κ3) is 5.08. The van der Waals surface area contributed by atoms with Crippen LogP contribution >= 0.6 is 11.3 Å². The first-order valence-electron chi connectivity index (χ1n) is 6.77. The number of nitrogens with zero attached hydrogens (tertiary/aromatic N) is 2. The Hall–Kier alpha value is -2.39. The number of hydrogen-bond acceptors (Lipinski definition) is 6. The predicted molar refractivity (Wildman–Crippen MR) is 83.1 cm³/mol. The maximum absolute atomic E-state index is 12.8. The van der Waals surface area contributed by atoms with Gasteiger partial charge in [-0.25, -0.2) is 4.39 Å². The summed E-state index contributed by atoms with van der Waals surface area (Å²) < 4.78 is 17.7. The Morgan fingerprint density at radius 3 is 2.48 bits per heavy atom. The number of carbonyl (C=O) groups excluding carboxylic acids is 2. The van der Waals surface area contributed by atoms with Gasteiger partial charge in [-0.1, -0.05) is 11.3 Å². The topological polar surface area (TPSA) is 93.2 Å². The standard InChI is InChI=1S/C14H15FN4O3S/c1-22-8-2-7-16-11(20)13-18-19-14(23-13)12(21)17-10-5-3-9(15)4-6-10/h3-6H,2,7-8H2,1H3,(H,16,20)(H,17,21). The lowest BCUT2D eigenvalue weighted by Gasteiger charge is -2.02. The quantitative estimate of drug-likeness (QED) is 0.750. The molecule has 0 bridgehead atoms. The van der Waals surface area contributed by atoms with Gasteiger partial charge in [0.05, 0.1) is 0 Å². The number of carbonyl (C=O) groups is 2. The first-order chi connectivity index (χ1) is 11.1. The second-order valence-corrected chi connectivity index (χ2v) is 5.45. The van der Waals surface area contributed by atoms with Crippen LogP contribution in [0.25, 0.3) is 0 Å². The van der Waals surface area contributed by atoms with Gasteiger partial charge in [0.1, 0.15) is 5.82 Å². The van der Waals surface area contributed by atoms with Crippen molar-refractivity contribution in [2.45, 2.75) is 6.42 Å². The Balaban J connectivity index is 1.91. The van der Waals surface area contributed by atoms with Crippen LogP contribution in [0.2, 0.25) is 0 Å². The fourth-order valence-electron chi connectivity index (χ4n) is 1.62. The molecule has 1 aromatic carbocycles. The van der Waals surface area contributed by atoms with Crippen LogP contribution in [-0.4, -0.2) is 42.3 Å². The number of ether oxygens (including phenoxy) is 1. The van der Waals surface area contributed by atoms with E-state index >= 15 is 0 Å². The van der Waals surface area contributed by atoms with Crippen LogP contribution in [0.5, 0.6) is 0 Å². The third-order valence-electron chi connectivity index (χ3n) is 2.73. The van der Waals surface area contributed by atoms with E-state index in [0.717, 1.165) is 11.3 Å². The lowest BCUT2D eigenvalue weighted by atomic mass is 10.3. The molecule has 0 saturated carbocycles. The number of methoxy groups -OCH3 is 1. The summed E-state index contributed by atoms with van der Waals surface area (Å²) in [6.45, 7) is 0.991. The minimum absolute atomic E-state index is 0.0522. The first kappa shape index (κ1) is 17.0. The molecule has 0 aliphatic rings. The Labute approximate surface area is 135 Å². The van der Waals surface area contributed by atoms with Crippen molar-refractivity contribution in [1.29, 1.82) is 0 Å². The van der Waals surface area contributed by atoms with Gasteiger partial charge in [-0.3, -0.25) is 9.59 Å². The maximum Gasteiger partial charge on any atom is 0.286 e. The van der Waals surface area contributed by atoms with Gasteiger partial charge >= 0.3 is 0 Å². The monoisotopic (exact) mass is 338 g/mol. The highest BCUT2D eigenvalue weighted by molar-refractivity contribution is 7.15. The number of anilines is 1. The summed E-state index contributed by atoms with van der Waals surface area (Å²) in [5.74, 6) is -1.29. The number of amides is 2. The van der Waals surface area contributed by atoms with E-state index < -0.39 is 11.7 Å². The van der Waals surface area contributed by atoms with E-state index in [1.807, 2.05) is 0 Å². The number of rotatable bonds is 7. The molecule has 2 aromatic rings. The van der Waals surface area contributed by atoms with E-state index in [-0.39, 0.29) is 15.9 Å². The Bertz CT molecular complexity index is 675. The van der Waals surface area contributed by atoms with Gasteiger partial charge in [-0.05, 0) is 30.7 Å². The highest BCUT2D eigenvalue weighted by atomic mass is 32.1. The van der Waals surface area contributed by atoms with Gasteiger partial charge in [0.15, 0.2) is 0 Å². The van der Waals surface area contributed by atoms with Crippen molar-refractivity contribution < 1.29 is 18.7 Å². The molecule has 23 heavy (non-hydrogen) atoms. The minimum atomic E-state index is -0.507. The van der Waals surface area contributed by atoms with Gasteiger partial charge in [0, 0.05) is 25.9 Å². The molecule has 0 spiro atoms. The molecular formula is C14H15FN4O3S. The van der Waals surface area contributed by atoms with E-state index in [4.69, 9.17) is 4.74 Å². The molecule has 1 aromatic heterocycles. The van der Waals surface area contributed by atoms with E-state index in [1.165, 1.54) is 24.3 Å². The number of hydrogen-bond donors (Lipinski definition) is 2. The van der Waals surface area contributed by atoms with Crippen LogP contribution in [0.3, 0.4) is 0 Å². The molecule has 2 rings (SSSR count). The largest absolute Gasteiger partial charge is 0.385 e. The number of halogens is 1. The Kier molecular flexibility index (Phi) is 6.12. The lowest BCUT2D eigenvalue weighted by molar-refractivity contribution is 0.0946. The van der Waals surface area contributed by atoms with Gasteiger partial charge in [-0.15, -0.1) is 10.2 Å². The lowest BCUT2D eigenvalue weighted by Crippen LogP contribution is -2.25. The molecular weight excluding hydrogens is 323 g/mol. The van der Waals surface area contributed by atoms with Gasteiger partial charge < -0.3 is 15.4 Å². The first-order valence-corrected chi connectivity index (χ1v) is 7.59. The van der Waals surface area contributed by atoms with Crippen molar-refractivity contribution in [2.75, 3.05) is 25.6 Å². The van der Waals surface area contributed by atoms with Crippen molar-refractivity contribution in [3.63, 3.8) is 0 Å². The second kappa shape index (κ2) is 8.30. The second-order valence-electron chi connectivity index (χ2n) is 4.48. The molecule has 0 unspecified atom stereocenters. The van der Waals surface area contributed by atoms with Crippen molar-refractivity contribution in [1.82, 2.24) is 15.5 Å². The molecule has 0 atom stereocenters. The Morgan fingerprint density at radius 2 is 1.83 bits per heavy atom. The average molecular weight is 338 g/mol. The summed E-state index contributed by atoms with van der Waals surface area (Å²) in [4.78, 5) is 23.8. The smallest absolute Gasteiger partial charge is 0.286 e. The van der Waals surface area contributed by atoms with Crippen LogP contribution in [0.1, 0.15) is 26.0 Å². The van der Waals surface area contributed by atoms with E-state index in [2.05, 4.69) is 20.8 Å². The summed E-state index contributed by atoms with van der Waals surface area (Å²) >= 11 is 0.884. The zero-order valence-electron chi connectivity index (χ0n) is 12.3. The SMILES string of the molecule is COCCCNC(=O)c1nnc(C(=O)Nc2ccc(F)cc2)s1. The van der Waals surface area contributed by atoms with E-state index in [1.54, 1.807) is 7.11 Å². The van der Waals surface area contributed by atoms with Crippen molar-refractivity contribution in [3.05, 3.63) is 40.1 Å². The maximum atomic E-state index is 12.8. The number of aromatic nitrogens is 2. The van der Waals surface area contributed by atoms with Crippen molar-refractivity contribution >= 4 is 28.8 Å².